The number of ether oxygens (including phenoxy) is 1. The summed E-state index contributed by atoms with van der Waals surface area (Å²) in [5, 5.41) is 0. The van der Waals surface area contributed by atoms with Gasteiger partial charge in [0.1, 0.15) is 6.04 Å². The number of carbonyl (C=O) groups is 1. The third-order valence-corrected chi connectivity index (χ3v) is 4.83. The van der Waals surface area contributed by atoms with Gasteiger partial charge in [-0.2, -0.15) is 0 Å². The van der Waals surface area contributed by atoms with Gasteiger partial charge in [0.15, 0.2) is 0 Å². The Bertz CT molecular complexity index is 597. The van der Waals surface area contributed by atoms with Crippen molar-refractivity contribution in [3.63, 3.8) is 0 Å². The van der Waals surface area contributed by atoms with Gasteiger partial charge in [0, 0.05) is 13.1 Å². The van der Waals surface area contributed by atoms with E-state index in [2.05, 4.69) is 0 Å². The van der Waals surface area contributed by atoms with E-state index in [9.17, 15) is 13.2 Å². The van der Waals surface area contributed by atoms with Crippen molar-refractivity contribution in [3.8, 4) is 0 Å². The number of carbonyl (C=O) groups excluding carboxylic acids is 1. The molecule has 0 aliphatic carbocycles. The zero-order valence-electron chi connectivity index (χ0n) is 12.9. The molecule has 0 spiro atoms. The molecule has 1 heterocycles. The number of sulfonamides is 1. The van der Waals surface area contributed by atoms with Crippen molar-refractivity contribution < 1.29 is 17.9 Å². The first kappa shape index (κ1) is 16.8. The molecule has 122 valence electrons. The second-order valence-corrected chi connectivity index (χ2v) is 7.12. The number of nitrogens with zero attached hydrogens (tertiary/aromatic N) is 2. The van der Waals surface area contributed by atoms with E-state index in [0.29, 0.717) is 38.4 Å². The van der Waals surface area contributed by atoms with Crippen LogP contribution in [0.25, 0.3) is 0 Å². The number of benzene rings is 1. The lowest BCUT2D eigenvalue weighted by molar-refractivity contribution is -0.136. The van der Waals surface area contributed by atoms with Crippen molar-refractivity contribution in [3.05, 3.63) is 30.3 Å². The molecule has 1 aromatic carbocycles. The maximum atomic E-state index is 12.8. The number of amides is 1. The van der Waals surface area contributed by atoms with Crippen molar-refractivity contribution in [2.24, 2.45) is 0 Å². The van der Waals surface area contributed by atoms with Crippen LogP contribution in [-0.2, 0) is 19.6 Å². The average molecular weight is 326 g/mol. The second-order valence-electron chi connectivity index (χ2n) is 5.26. The predicted molar refractivity (Wildman–Crippen MR) is 85.2 cm³/mol. The SMILES string of the molecule is CC[C@H](C(=O)N1CCOCC1)N(c1ccccc1)S(C)(=O)=O. The van der Waals surface area contributed by atoms with E-state index in [1.165, 1.54) is 4.31 Å². The molecule has 2 rings (SSSR count). The fraction of sp³-hybridized carbons (Fsp3) is 0.533. The van der Waals surface area contributed by atoms with Crippen molar-refractivity contribution >= 4 is 21.6 Å². The Hall–Kier alpha value is -1.60. The Morgan fingerprint density at radius 2 is 1.86 bits per heavy atom. The van der Waals surface area contributed by atoms with E-state index in [4.69, 9.17) is 4.74 Å². The predicted octanol–water partition coefficient (Wildman–Crippen LogP) is 1.09. The summed E-state index contributed by atoms with van der Waals surface area (Å²) in [4.78, 5) is 14.4. The van der Waals surface area contributed by atoms with E-state index < -0.39 is 16.1 Å². The van der Waals surface area contributed by atoms with Crippen LogP contribution < -0.4 is 4.31 Å². The Balaban J connectivity index is 2.33. The first-order valence-electron chi connectivity index (χ1n) is 7.36. The van der Waals surface area contributed by atoms with Crippen molar-refractivity contribution in [1.29, 1.82) is 0 Å². The van der Waals surface area contributed by atoms with Crippen LogP contribution >= 0.6 is 0 Å². The highest BCUT2D eigenvalue weighted by atomic mass is 32.2. The summed E-state index contributed by atoms with van der Waals surface area (Å²) >= 11 is 0. The molecule has 0 radical (unpaired) electrons. The van der Waals surface area contributed by atoms with Crippen LogP contribution in [0.3, 0.4) is 0 Å². The highest BCUT2D eigenvalue weighted by molar-refractivity contribution is 7.92. The third-order valence-electron chi connectivity index (χ3n) is 3.65. The van der Waals surface area contributed by atoms with Crippen LogP contribution in [0.2, 0.25) is 0 Å². The fourth-order valence-electron chi connectivity index (χ4n) is 2.61. The second kappa shape index (κ2) is 7.11. The van der Waals surface area contributed by atoms with Gasteiger partial charge in [-0.25, -0.2) is 8.42 Å². The maximum absolute atomic E-state index is 12.8. The normalized spacial score (nSPS) is 17.1. The average Bonchev–Trinajstić information content (AvgIpc) is 2.52. The number of hydrogen-bond donors (Lipinski definition) is 0. The molecule has 22 heavy (non-hydrogen) atoms. The van der Waals surface area contributed by atoms with Gasteiger partial charge < -0.3 is 9.64 Å². The molecular weight excluding hydrogens is 304 g/mol. The molecule has 1 aliphatic rings. The Morgan fingerprint density at radius 1 is 1.27 bits per heavy atom. The number of morpholine rings is 1. The molecule has 7 heteroatoms. The van der Waals surface area contributed by atoms with E-state index in [1.807, 2.05) is 13.0 Å². The van der Waals surface area contributed by atoms with Gasteiger partial charge in [0.25, 0.3) is 0 Å². The standard InChI is InChI=1S/C15H22N2O4S/c1-3-14(15(18)16-9-11-21-12-10-16)17(22(2,19)20)13-7-5-4-6-8-13/h4-8,14H,3,9-12H2,1-2H3/t14-/m1/s1. The molecule has 0 saturated carbocycles. The monoisotopic (exact) mass is 326 g/mol. The quantitative estimate of drug-likeness (QED) is 0.812. The lowest BCUT2D eigenvalue weighted by Crippen LogP contribution is -2.53. The van der Waals surface area contributed by atoms with Gasteiger partial charge in [-0.05, 0) is 18.6 Å². The molecule has 1 fully saturated rings. The largest absolute Gasteiger partial charge is 0.378 e. The zero-order chi connectivity index (χ0) is 16.2. The van der Waals surface area contributed by atoms with Gasteiger partial charge in [0.05, 0.1) is 25.2 Å². The Kier molecular flexibility index (Phi) is 5.42. The molecule has 0 unspecified atom stereocenters. The van der Waals surface area contributed by atoms with E-state index >= 15 is 0 Å². The smallest absolute Gasteiger partial charge is 0.246 e. The summed E-state index contributed by atoms with van der Waals surface area (Å²) in [7, 11) is -3.56. The summed E-state index contributed by atoms with van der Waals surface area (Å²) in [5.41, 5.74) is 0.512. The highest BCUT2D eigenvalue weighted by Gasteiger charge is 2.34. The number of rotatable bonds is 5. The first-order chi connectivity index (χ1) is 10.4. The Labute approximate surface area is 131 Å². The minimum Gasteiger partial charge on any atom is -0.378 e. The van der Waals surface area contributed by atoms with Gasteiger partial charge in [-0.1, -0.05) is 25.1 Å². The van der Waals surface area contributed by atoms with E-state index in [-0.39, 0.29) is 5.91 Å². The lowest BCUT2D eigenvalue weighted by Gasteiger charge is -2.35. The molecule has 0 aromatic heterocycles. The molecule has 6 nitrogen and oxygen atoms in total. The van der Waals surface area contributed by atoms with Crippen LogP contribution in [0.15, 0.2) is 30.3 Å². The molecule has 1 saturated heterocycles. The summed E-state index contributed by atoms with van der Waals surface area (Å²) in [5.74, 6) is -0.167. The van der Waals surface area contributed by atoms with Crippen LogP contribution in [-0.4, -0.2) is 57.8 Å². The third kappa shape index (κ3) is 3.78. The minimum absolute atomic E-state index is 0.167. The van der Waals surface area contributed by atoms with E-state index in [1.54, 1.807) is 29.2 Å². The summed E-state index contributed by atoms with van der Waals surface area (Å²) in [6, 6.07) is 8.02. The molecule has 1 aromatic rings. The minimum atomic E-state index is -3.56. The van der Waals surface area contributed by atoms with Crippen molar-refractivity contribution in [1.82, 2.24) is 4.90 Å². The number of para-hydroxylation sites is 1. The van der Waals surface area contributed by atoms with Crippen LogP contribution in [0.4, 0.5) is 5.69 Å². The molecule has 1 amide bonds. The van der Waals surface area contributed by atoms with Crippen molar-refractivity contribution in [2.75, 3.05) is 36.9 Å². The summed E-state index contributed by atoms with van der Waals surface area (Å²) in [6.07, 6.45) is 1.55. The van der Waals surface area contributed by atoms with Gasteiger partial charge >= 0.3 is 0 Å². The first-order valence-corrected chi connectivity index (χ1v) is 9.21. The van der Waals surface area contributed by atoms with E-state index in [0.717, 1.165) is 6.26 Å². The molecule has 1 aliphatic heterocycles. The fourth-order valence-corrected chi connectivity index (χ4v) is 3.82. The molecule has 0 bridgehead atoms. The highest BCUT2D eigenvalue weighted by Crippen LogP contribution is 2.23. The van der Waals surface area contributed by atoms with Crippen LogP contribution in [0, 0.1) is 0 Å². The Morgan fingerprint density at radius 3 is 2.36 bits per heavy atom. The summed E-state index contributed by atoms with van der Waals surface area (Å²) in [6.45, 7) is 3.81. The number of hydrogen-bond acceptors (Lipinski definition) is 4. The molecule has 1 atom stereocenters. The number of anilines is 1. The van der Waals surface area contributed by atoms with Crippen LogP contribution in [0.1, 0.15) is 13.3 Å². The zero-order valence-corrected chi connectivity index (χ0v) is 13.8. The van der Waals surface area contributed by atoms with Gasteiger partial charge in [-0.3, -0.25) is 9.10 Å². The van der Waals surface area contributed by atoms with Gasteiger partial charge in [0.2, 0.25) is 15.9 Å². The van der Waals surface area contributed by atoms with Crippen molar-refractivity contribution in [2.45, 2.75) is 19.4 Å². The summed E-state index contributed by atoms with van der Waals surface area (Å²) < 4.78 is 31.0. The topological polar surface area (TPSA) is 66.9 Å². The van der Waals surface area contributed by atoms with Gasteiger partial charge in [-0.15, -0.1) is 0 Å². The lowest BCUT2D eigenvalue weighted by atomic mass is 10.1. The molecule has 0 N–H and O–H groups in total. The maximum Gasteiger partial charge on any atom is 0.246 e. The molecular formula is C15H22N2O4S. The van der Waals surface area contributed by atoms with Crippen LogP contribution in [0.5, 0.6) is 0 Å².